The molecule has 7 heteroatoms. The zero-order chi connectivity index (χ0) is 21.1. The quantitative estimate of drug-likeness (QED) is 0.432. The van der Waals surface area contributed by atoms with Crippen molar-refractivity contribution in [3.63, 3.8) is 0 Å². The molecule has 0 saturated carbocycles. The highest BCUT2D eigenvalue weighted by Gasteiger charge is 2.16. The van der Waals surface area contributed by atoms with Gasteiger partial charge in [-0.15, -0.1) is 0 Å². The fourth-order valence-corrected chi connectivity index (χ4v) is 3.62. The standard InChI is InChI=1S/C23H18BrN3O3/c1-29-16-10-7-14(8-11-16)21-17-5-3-4-6-19(17)26-22(27-21)23(28)25-15-9-12-20(30-2)18(24)13-15/h3-13H,1-2H3,(H,25,28). The number of aromatic nitrogens is 2. The molecular weight excluding hydrogens is 446 g/mol. The van der Waals surface area contributed by atoms with Crippen LogP contribution in [0.3, 0.4) is 0 Å². The third-order valence-electron chi connectivity index (χ3n) is 4.58. The second-order valence-corrected chi connectivity index (χ2v) is 7.30. The van der Waals surface area contributed by atoms with E-state index in [2.05, 4.69) is 31.2 Å². The van der Waals surface area contributed by atoms with Crippen molar-refractivity contribution in [3.05, 3.63) is 77.0 Å². The molecule has 1 amide bonds. The topological polar surface area (TPSA) is 73.3 Å². The van der Waals surface area contributed by atoms with Crippen LogP contribution in [0.25, 0.3) is 22.2 Å². The van der Waals surface area contributed by atoms with Crippen LogP contribution in [0.4, 0.5) is 5.69 Å². The van der Waals surface area contributed by atoms with Crippen LogP contribution in [0, 0.1) is 0 Å². The lowest BCUT2D eigenvalue weighted by atomic mass is 10.1. The summed E-state index contributed by atoms with van der Waals surface area (Å²) in [6.07, 6.45) is 0. The van der Waals surface area contributed by atoms with Gasteiger partial charge in [0.1, 0.15) is 11.5 Å². The molecular formula is C23H18BrN3O3. The number of carbonyl (C=O) groups excluding carboxylic acids is 1. The average molecular weight is 464 g/mol. The highest BCUT2D eigenvalue weighted by Crippen LogP contribution is 2.29. The number of methoxy groups -OCH3 is 2. The maximum Gasteiger partial charge on any atom is 0.293 e. The Morgan fingerprint density at radius 2 is 1.70 bits per heavy atom. The SMILES string of the molecule is COc1ccc(-c2nc(C(=O)Nc3ccc(OC)c(Br)c3)nc3ccccc23)cc1. The van der Waals surface area contributed by atoms with Gasteiger partial charge in [0.05, 0.1) is 29.9 Å². The number of benzene rings is 3. The Kier molecular flexibility index (Phi) is 5.63. The van der Waals surface area contributed by atoms with Crippen LogP contribution in [0.2, 0.25) is 0 Å². The summed E-state index contributed by atoms with van der Waals surface area (Å²) in [7, 11) is 3.21. The number of nitrogens with one attached hydrogen (secondary N) is 1. The van der Waals surface area contributed by atoms with Gasteiger partial charge in [0.15, 0.2) is 0 Å². The monoisotopic (exact) mass is 463 g/mol. The van der Waals surface area contributed by atoms with Crippen LogP contribution in [-0.4, -0.2) is 30.1 Å². The molecule has 0 aliphatic heterocycles. The smallest absolute Gasteiger partial charge is 0.293 e. The summed E-state index contributed by atoms with van der Waals surface area (Å²) < 4.78 is 11.2. The lowest BCUT2D eigenvalue weighted by Crippen LogP contribution is -2.16. The third-order valence-corrected chi connectivity index (χ3v) is 5.20. The maximum absolute atomic E-state index is 12.9. The fraction of sp³-hybridized carbons (Fsp3) is 0.0870. The predicted octanol–water partition coefficient (Wildman–Crippen LogP) is 5.33. The van der Waals surface area contributed by atoms with E-state index in [1.165, 1.54) is 0 Å². The first-order valence-corrected chi connectivity index (χ1v) is 9.94. The Morgan fingerprint density at radius 3 is 2.40 bits per heavy atom. The van der Waals surface area contributed by atoms with Gasteiger partial charge in [-0.1, -0.05) is 18.2 Å². The molecule has 0 saturated heterocycles. The highest BCUT2D eigenvalue weighted by atomic mass is 79.9. The van der Waals surface area contributed by atoms with E-state index in [1.54, 1.807) is 32.4 Å². The number of nitrogens with zero attached hydrogens (tertiary/aromatic N) is 2. The third kappa shape index (κ3) is 3.97. The van der Waals surface area contributed by atoms with Crippen molar-refractivity contribution < 1.29 is 14.3 Å². The van der Waals surface area contributed by atoms with Crippen molar-refractivity contribution in [2.45, 2.75) is 0 Å². The summed E-state index contributed by atoms with van der Waals surface area (Å²) in [4.78, 5) is 21.9. The largest absolute Gasteiger partial charge is 0.497 e. The van der Waals surface area contributed by atoms with Gasteiger partial charge in [0, 0.05) is 16.6 Å². The Hall–Kier alpha value is -3.45. The van der Waals surface area contributed by atoms with E-state index in [0.29, 0.717) is 22.6 Å². The van der Waals surface area contributed by atoms with E-state index in [4.69, 9.17) is 9.47 Å². The summed E-state index contributed by atoms with van der Waals surface area (Å²) in [6, 6.07) is 20.5. The molecule has 4 aromatic rings. The van der Waals surface area contributed by atoms with Crippen molar-refractivity contribution in [1.82, 2.24) is 9.97 Å². The minimum Gasteiger partial charge on any atom is -0.497 e. The van der Waals surface area contributed by atoms with E-state index in [1.807, 2.05) is 48.5 Å². The first-order valence-electron chi connectivity index (χ1n) is 9.15. The van der Waals surface area contributed by atoms with Gasteiger partial charge >= 0.3 is 0 Å². The zero-order valence-electron chi connectivity index (χ0n) is 16.3. The van der Waals surface area contributed by atoms with Gasteiger partial charge in [0.2, 0.25) is 5.82 Å². The first-order chi connectivity index (χ1) is 14.6. The predicted molar refractivity (Wildman–Crippen MR) is 120 cm³/mol. The number of halogens is 1. The van der Waals surface area contributed by atoms with Crippen LogP contribution in [-0.2, 0) is 0 Å². The number of hydrogen-bond donors (Lipinski definition) is 1. The molecule has 0 aliphatic carbocycles. The zero-order valence-corrected chi connectivity index (χ0v) is 17.9. The van der Waals surface area contributed by atoms with Gasteiger partial charge in [-0.05, 0) is 64.5 Å². The van der Waals surface area contributed by atoms with Crippen molar-refractivity contribution >= 4 is 38.4 Å². The van der Waals surface area contributed by atoms with E-state index < -0.39 is 5.91 Å². The molecule has 1 N–H and O–H groups in total. The normalized spacial score (nSPS) is 10.6. The second kappa shape index (κ2) is 8.51. The molecule has 0 atom stereocenters. The second-order valence-electron chi connectivity index (χ2n) is 6.44. The lowest BCUT2D eigenvalue weighted by molar-refractivity contribution is 0.101. The average Bonchev–Trinajstić information content (AvgIpc) is 2.78. The number of fused-ring (bicyclic) bond motifs is 1. The molecule has 0 bridgehead atoms. The minimum atomic E-state index is -0.396. The van der Waals surface area contributed by atoms with E-state index >= 15 is 0 Å². The summed E-state index contributed by atoms with van der Waals surface area (Å²) in [5.74, 6) is 1.12. The molecule has 0 radical (unpaired) electrons. The number of amides is 1. The first kappa shape index (κ1) is 19.8. The number of hydrogen-bond acceptors (Lipinski definition) is 5. The number of ether oxygens (including phenoxy) is 2. The molecule has 0 aliphatic rings. The minimum absolute atomic E-state index is 0.0893. The van der Waals surface area contributed by atoms with Crippen LogP contribution < -0.4 is 14.8 Å². The molecule has 0 unspecified atom stereocenters. The summed E-state index contributed by atoms with van der Waals surface area (Å²) >= 11 is 3.42. The van der Waals surface area contributed by atoms with Crippen LogP contribution >= 0.6 is 15.9 Å². The fourth-order valence-electron chi connectivity index (χ4n) is 3.08. The summed E-state index contributed by atoms with van der Waals surface area (Å²) in [5.41, 5.74) is 2.86. The molecule has 4 rings (SSSR count). The van der Waals surface area contributed by atoms with E-state index in [0.717, 1.165) is 21.2 Å². The van der Waals surface area contributed by atoms with E-state index in [-0.39, 0.29) is 5.82 Å². The summed E-state index contributed by atoms with van der Waals surface area (Å²) in [5, 5.41) is 3.71. The molecule has 6 nitrogen and oxygen atoms in total. The Balaban J connectivity index is 1.73. The van der Waals surface area contributed by atoms with Gasteiger partial charge < -0.3 is 14.8 Å². The Morgan fingerprint density at radius 1 is 0.933 bits per heavy atom. The highest BCUT2D eigenvalue weighted by molar-refractivity contribution is 9.10. The molecule has 150 valence electrons. The Bertz CT molecular complexity index is 1230. The maximum atomic E-state index is 12.9. The van der Waals surface area contributed by atoms with Crippen molar-refractivity contribution in [2.24, 2.45) is 0 Å². The van der Waals surface area contributed by atoms with Gasteiger partial charge in [-0.2, -0.15) is 0 Å². The molecule has 0 spiro atoms. The molecule has 1 aromatic heterocycles. The van der Waals surface area contributed by atoms with Gasteiger partial charge in [-0.3, -0.25) is 4.79 Å². The molecule has 1 heterocycles. The summed E-state index contributed by atoms with van der Waals surface area (Å²) in [6.45, 7) is 0. The van der Waals surface area contributed by atoms with Gasteiger partial charge in [-0.25, -0.2) is 9.97 Å². The Labute approximate surface area is 182 Å². The van der Waals surface area contributed by atoms with Gasteiger partial charge in [0.25, 0.3) is 5.91 Å². The van der Waals surface area contributed by atoms with Crippen LogP contribution in [0.1, 0.15) is 10.6 Å². The van der Waals surface area contributed by atoms with Crippen LogP contribution in [0.5, 0.6) is 11.5 Å². The van der Waals surface area contributed by atoms with E-state index in [9.17, 15) is 4.79 Å². The molecule has 0 fully saturated rings. The number of anilines is 1. The lowest BCUT2D eigenvalue weighted by Gasteiger charge is -2.11. The van der Waals surface area contributed by atoms with Crippen LogP contribution in [0.15, 0.2) is 71.2 Å². The van der Waals surface area contributed by atoms with Crippen molar-refractivity contribution in [1.29, 1.82) is 0 Å². The number of carbonyl (C=O) groups is 1. The molecule has 3 aromatic carbocycles. The number of para-hydroxylation sites is 1. The van der Waals surface area contributed by atoms with Crippen molar-refractivity contribution in [2.75, 3.05) is 19.5 Å². The number of rotatable bonds is 5. The van der Waals surface area contributed by atoms with Crippen molar-refractivity contribution in [3.8, 4) is 22.8 Å². The molecule has 30 heavy (non-hydrogen) atoms.